The predicted octanol–water partition coefficient (Wildman–Crippen LogP) is 1.45. The molecule has 8 nitrogen and oxygen atoms in total. The average molecular weight is 419 g/mol. The molecule has 0 heterocycles. The topological polar surface area (TPSA) is 125 Å². The van der Waals surface area contributed by atoms with Crippen LogP contribution in [0.25, 0.3) is 0 Å². The van der Waals surface area contributed by atoms with Crippen molar-refractivity contribution in [2.75, 3.05) is 11.9 Å². The van der Waals surface area contributed by atoms with Crippen molar-refractivity contribution in [3.05, 3.63) is 53.6 Å². The number of carbonyl (C=O) groups is 2. The van der Waals surface area contributed by atoms with Gasteiger partial charge in [0.25, 0.3) is 5.91 Å². The summed E-state index contributed by atoms with van der Waals surface area (Å²) in [7, 11) is -3.65. The molecule has 0 aliphatic heterocycles. The maximum absolute atomic E-state index is 12.3. The van der Waals surface area contributed by atoms with Gasteiger partial charge in [-0.2, -0.15) is 0 Å². The molecule has 0 radical (unpaired) electrons. The maximum atomic E-state index is 12.3. The zero-order valence-corrected chi connectivity index (χ0v) is 17.4. The van der Waals surface area contributed by atoms with Crippen LogP contribution in [-0.4, -0.2) is 32.4 Å². The Morgan fingerprint density at radius 3 is 2.21 bits per heavy atom. The number of rotatable bonds is 7. The van der Waals surface area contributed by atoms with E-state index in [0.717, 1.165) is 0 Å². The van der Waals surface area contributed by atoms with Gasteiger partial charge in [-0.15, -0.1) is 0 Å². The van der Waals surface area contributed by atoms with Crippen LogP contribution in [0.4, 0.5) is 5.69 Å². The minimum absolute atomic E-state index is 0.0511. The van der Waals surface area contributed by atoms with E-state index in [2.05, 4.69) is 10.0 Å². The van der Waals surface area contributed by atoms with Gasteiger partial charge in [0.05, 0.1) is 10.9 Å². The molecule has 9 heteroatoms. The predicted molar refractivity (Wildman–Crippen MR) is 106 cm³/mol. The Hall–Kier alpha value is -2.91. The lowest BCUT2D eigenvalue weighted by molar-refractivity contribution is -0.255. The second kappa shape index (κ2) is 8.62. The quantitative estimate of drug-likeness (QED) is 0.700. The molecular weight excluding hydrogens is 396 g/mol. The number of benzene rings is 2. The van der Waals surface area contributed by atoms with Gasteiger partial charge in [0, 0.05) is 16.8 Å². The van der Waals surface area contributed by atoms with Gasteiger partial charge in [0.2, 0.25) is 10.0 Å². The molecule has 29 heavy (non-hydrogen) atoms. The number of amides is 1. The summed E-state index contributed by atoms with van der Waals surface area (Å²) in [6.45, 7) is 6.53. The molecule has 0 aliphatic carbocycles. The first-order valence-corrected chi connectivity index (χ1v) is 10.2. The van der Waals surface area contributed by atoms with Crippen LogP contribution >= 0.6 is 0 Å². The number of sulfonamides is 1. The Labute approximate surface area is 169 Å². The highest BCUT2D eigenvalue weighted by atomic mass is 32.2. The Morgan fingerprint density at radius 2 is 1.69 bits per heavy atom. The van der Waals surface area contributed by atoms with Gasteiger partial charge in [-0.3, -0.25) is 4.79 Å². The molecule has 1 amide bonds. The summed E-state index contributed by atoms with van der Waals surface area (Å²) in [5.41, 5.74) is 0.333. The first kappa shape index (κ1) is 22.4. The van der Waals surface area contributed by atoms with Gasteiger partial charge in [-0.05, 0) is 69.7 Å². The molecule has 0 unspecified atom stereocenters. The van der Waals surface area contributed by atoms with Crippen LogP contribution in [0, 0.1) is 6.92 Å². The molecule has 2 aromatic rings. The molecule has 2 rings (SSSR count). The van der Waals surface area contributed by atoms with E-state index in [4.69, 9.17) is 4.74 Å². The van der Waals surface area contributed by atoms with E-state index in [9.17, 15) is 23.1 Å². The van der Waals surface area contributed by atoms with Crippen molar-refractivity contribution in [2.24, 2.45) is 0 Å². The summed E-state index contributed by atoms with van der Waals surface area (Å²) < 4.78 is 32.5. The number of carboxylic acids is 1. The highest BCUT2D eigenvalue weighted by Gasteiger charge is 2.21. The summed E-state index contributed by atoms with van der Waals surface area (Å²) in [5.74, 6) is -1.40. The third kappa shape index (κ3) is 6.58. The Kier molecular flexibility index (Phi) is 6.66. The first-order chi connectivity index (χ1) is 13.4. The minimum Gasteiger partial charge on any atom is -0.545 e. The summed E-state index contributed by atoms with van der Waals surface area (Å²) in [5, 5.41) is 13.5. The molecule has 0 spiro atoms. The Balaban J connectivity index is 1.95. The number of carboxylic acid groups (broad SMARTS) is 1. The molecule has 0 atom stereocenters. The number of aromatic carboxylic acids is 1. The van der Waals surface area contributed by atoms with E-state index >= 15 is 0 Å². The number of hydrogen-bond acceptors (Lipinski definition) is 6. The van der Waals surface area contributed by atoms with Crippen LogP contribution in [0.2, 0.25) is 0 Å². The second-order valence-corrected chi connectivity index (χ2v) is 9.16. The fraction of sp³-hybridized carbons (Fsp3) is 0.300. The number of carbonyl (C=O) groups excluding carboxylic acids is 2. The number of aryl methyl sites for hydroxylation is 1. The molecule has 2 aromatic carbocycles. The SMILES string of the molecule is Cc1cc(NC(=O)COc2ccc(S(=O)(=O)NC(C)(C)C)cc2)ccc1C(=O)[O-]. The number of anilines is 1. The lowest BCUT2D eigenvalue weighted by Gasteiger charge is -2.20. The first-order valence-electron chi connectivity index (χ1n) is 8.76. The van der Waals surface area contributed by atoms with Crippen LogP contribution < -0.4 is 19.9 Å². The highest BCUT2D eigenvalue weighted by Crippen LogP contribution is 2.18. The number of ether oxygens (including phenoxy) is 1. The average Bonchev–Trinajstić information content (AvgIpc) is 2.58. The van der Waals surface area contributed by atoms with E-state index in [0.29, 0.717) is 17.0 Å². The second-order valence-electron chi connectivity index (χ2n) is 7.48. The van der Waals surface area contributed by atoms with E-state index in [-0.39, 0.29) is 17.1 Å². The van der Waals surface area contributed by atoms with Gasteiger partial charge in [0.1, 0.15) is 5.75 Å². The Morgan fingerprint density at radius 1 is 1.07 bits per heavy atom. The molecule has 0 aliphatic rings. The Bertz CT molecular complexity index is 1010. The van der Waals surface area contributed by atoms with Gasteiger partial charge < -0.3 is 20.0 Å². The van der Waals surface area contributed by atoms with Crippen LogP contribution in [0.15, 0.2) is 47.4 Å². The van der Waals surface area contributed by atoms with E-state index in [1.807, 2.05) is 0 Å². The van der Waals surface area contributed by atoms with Crippen LogP contribution in [0.5, 0.6) is 5.75 Å². The van der Waals surface area contributed by atoms with Crippen molar-refractivity contribution in [3.63, 3.8) is 0 Å². The molecule has 0 saturated carbocycles. The minimum atomic E-state index is -3.65. The molecule has 0 bridgehead atoms. The zero-order valence-electron chi connectivity index (χ0n) is 16.6. The van der Waals surface area contributed by atoms with Crippen molar-refractivity contribution >= 4 is 27.6 Å². The van der Waals surface area contributed by atoms with Gasteiger partial charge in [-0.25, -0.2) is 13.1 Å². The van der Waals surface area contributed by atoms with Crippen LogP contribution in [-0.2, 0) is 14.8 Å². The van der Waals surface area contributed by atoms with Crippen molar-refractivity contribution in [1.29, 1.82) is 0 Å². The van der Waals surface area contributed by atoms with E-state index in [1.165, 1.54) is 42.5 Å². The standard InChI is InChI=1S/C20H24N2O6S/c1-13-11-14(5-10-17(13)19(24)25)21-18(23)12-28-15-6-8-16(9-7-15)29(26,27)22-20(2,3)4/h5-11,22H,12H2,1-4H3,(H,21,23)(H,24,25)/p-1. The van der Waals surface area contributed by atoms with Gasteiger partial charge in [-0.1, -0.05) is 6.07 Å². The van der Waals surface area contributed by atoms with Crippen molar-refractivity contribution < 1.29 is 27.9 Å². The molecule has 156 valence electrons. The third-order valence-electron chi connectivity index (χ3n) is 3.67. The molecule has 2 N–H and O–H groups in total. The zero-order chi connectivity index (χ0) is 21.8. The maximum Gasteiger partial charge on any atom is 0.262 e. The summed E-state index contributed by atoms with van der Waals surface area (Å²) in [6, 6.07) is 10.0. The fourth-order valence-electron chi connectivity index (χ4n) is 2.49. The summed E-state index contributed by atoms with van der Waals surface area (Å²) >= 11 is 0. The van der Waals surface area contributed by atoms with Gasteiger partial charge in [0.15, 0.2) is 6.61 Å². The molecule has 0 fully saturated rings. The van der Waals surface area contributed by atoms with Crippen LogP contribution in [0.3, 0.4) is 0 Å². The van der Waals surface area contributed by atoms with Crippen molar-refractivity contribution in [3.8, 4) is 5.75 Å². The normalized spacial score (nSPS) is 11.7. The lowest BCUT2D eigenvalue weighted by Crippen LogP contribution is -2.40. The monoisotopic (exact) mass is 419 g/mol. The van der Waals surface area contributed by atoms with E-state index < -0.39 is 27.4 Å². The summed E-state index contributed by atoms with van der Waals surface area (Å²) in [4.78, 5) is 23.0. The largest absolute Gasteiger partial charge is 0.545 e. The fourth-order valence-corrected chi connectivity index (χ4v) is 3.91. The number of hydrogen-bond donors (Lipinski definition) is 2. The lowest BCUT2D eigenvalue weighted by atomic mass is 10.1. The van der Waals surface area contributed by atoms with Gasteiger partial charge >= 0.3 is 0 Å². The third-order valence-corrected chi connectivity index (χ3v) is 5.45. The van der Waals surface area contributed by atoms with Crippen molar-refractivity contribution in [1.82, 2.24) is 4.72 Å². The van der Waals surface area contributed by atoms with E-state index in [1.54, 1.807) is 27.7 Å². The van der Waals surface area contributed by atoms with Crippen LogP contribution in [0.1, 0.15) is 36.7 Å². The molecule has 0 saturated heterocycles. The number of nitrogens with one attached hydrogen (secondary N) is 2. The molecular formula is C20H23N2O6S-. The highest BCUT2D eigenvalue weighted by molar-refractivity contribution is 7.89. The van der Waals surface area contributed by atoms with Crippen molar-refractivity contribution in [2.45, 2.75) is 38.1 Å². The molecule has 0 aromatic heterocycles. The smallest absolute Gasteiger partial charge is 0.262 e. The summed E-state index contributed by atoms with van der Waals surface area (Å²) in [6.07, 6.45) is 0.